The average molecular weight is 247 g/mol. The van der Waals surface area contributed by atoms with Gasteiger partial charge in [0.25, 0.3) is 0 Å². The minimum absolute atomic E-state index is 0.220. The fourth-order valence-corrected chi connectivity index (χ4v) is 1.88. The predicted octanol–water partition coefficient (Wildman–Crippen LogP) is 3.04. The highest BCUT2D eigenvalue weighted by molar-refractivity contribution is 5.50. The molecule has 0 saturated carbocycles. The summed E-state index contributed by atoms with van der Waals surface area (Å²) in [7, 11) is 1.93. The number of aryl methyl sites for hydroxylation is 3. The molecule has 0 aliphatic rings. The zero-order valence-corrected chi connectivity index (χ0v) is 11.0. The first-order valence-corrected chi connectivity index (χ1v) is 6.12. The Bertz CT molecular complexity index is 546. The second-order valence-corrected chi connectivity index (χ2v) is 4.42. The topological polar surface area (TPSA) is 29.9 Å². The minimum Gasteiger partial charge on any atom is -0.379 e. The summed E-state index contributed by atoms with van der Waals surface area (Å²) in [6.07, 6.45) is 0.923. The van der Waals surface area contributed by atoms with Gasteiger partial charge in [0, 0.05) is 12.7 Å². The molecule has 0 unspecified atom stereocenters. The van der Waals surface area contributed by atoms with Gasteiger partial charge < -0.3 is 5.32 Å². The number of nitrogens with one attached hydrogen (secondary N) is 1. The first-order valence-electron chi connectivity index (χ1n) is 6.12. The van der Waals surface area contributed by atoms with E-state index in [2.05, 4.69) is 23.4 Å². The SMILES string of the molecule is CCc1cc(CNc2cc(F)ccc2C)n(C)n1. The summed E-state index contributed by atoms with van der Waals surface area (Å²) < 4.78 is 15.0. The molecule has 0 radical (unpaired) electrons. The molecule has 0 saturated heterocycles. The first-order chi connectivity index (χ1) is 8.60. The monoisotopic (exact) mass is 247 g/mol. The molecule has 1 N–H and O–H groups in total. The van der Waals surface area contributed by atoms with E-state index in [0.717, 1.165) is 29.1 Å². The molecule has 1 heterocycles. The second kappa shape index (κ2) is 5.21. The molecular formula is C14H18FN3. The lowest BCUT2D eigenvalue weighted by atomic mass is 10.2. The summed E-state index contributed by atoms with van der Waals surface area (Å²) in [5.74, 6) is -0.220. The number of anilines is 1. The smallest absolute Gasteiger partial charge is 0.125 e. The van der Waals surface area contributed by atoms with Gasteiger partial charge in [-0.2, -0.15) is 5.10 Å². The Morgan fingerprint density at radius 3 is 2.78 bits per heavy atom. The number of nitrogens with zero attached hydrogens (tertiary/aromatic N) is 2. The Morgan fingerprint density at radius 2 is 2.11 bits per heavy atom. The molecule has 1 aromatic heterocycles. The van der Waals surface area contributed by atoms with Crippen molar-refractivity contribution in [3.63, 3.8) is 0 Å². The van der Waals surface area contributed by atoms with Gasteiger partial charge in [0.1, 0.15) is 5.82 Å². The Kier molecular flexibility index (Phi) is 3.65. The van der Waals surface area contributed by atoms with Gasteiger partial charge >= 0.3 is 0 Å². The van der Waals surface area contributed by atoms with E-state index in [9.17, 15) is 4.39 Å². The molecule has 0 aliphatic carbocycles. The van der Waals surface area contributed by atoms with E-state index >= 15 is 0 Å². The van der Waals surface area contributed by atoms with Gasteiger partial charge in [0.05, 0.1) is 17.9 Å². The number of benzene rings is 1. The van der Waals surface area contributed by atoms with Gasteiger partial charge in [-0.1, -0.05) is 13.0 Å². The molecule has 2 rings (SSSR count). The molecule has 4 heteroatoms. The molecule has 0 atom stereocenters. The lowest BCUT2D eigenvalue weighted by Crippen LogP contribution is -2.06. The lowest BCUT2D eigenvalue weighted by molar-refractivity contribution is 0.627. The standard InChI is InChI=1S/C14H18FN3/c1-4-12-8-13(18(3)17-12)9-16-14-7-11(15)6-5-10(14)2/h5-8,16H,4,9H2,1-3H3. The van der Waals surface area contributed by atoms with Crippen LogP contribution in [0.3, 0.4) is 0 Å². The number of hydrogen-bond acceptors (Lipinski definition) is 2. The average Bonchev–Trinajstić information content (AvgIpc) is 2.71. The molecular weight excluding hydrogens is 229 g/mol. The molecule has 18 heavy (non-hydrogen) atoms. The molecule has 2 aromatic rings. The molecule has 3 nitrogen and oxygen atoms in total. The van der Waals surface area contributed by atoms with Crippen molar-refractivity contribution in [2.45, 2.75) is 26.8 Å². The van der Waals surface area contributed by atoms with Gasteiger partial charge in [-0.3, -0.25) is 4.68 Å². The van der Waals surface area contributed by atoms with Gasteiger partial charge in [0.15, 0.2) is 0 Å². The Hall–Kier alpha value is -1.84. The minimum atomic E-state index is -0.220. The van der Waals surface area contributed by atoms with Crippen LogP contribution in [-0.4, -0.2) is 9.78 Å². The van der Waals surface area contributed by atoms with Crippen LogP contribution >= 0.6 is 0 Å². The zero-order chi connectivity index (χ0) is 13.1. The van der Waals surface area contributed by atoms with Gasteiger partial charge in [-0.25, -0.2) is 4.39 Å². The maximum absolute atomic E-state index is 13.2. The van der Waals surface area contributed by atoms with Crippen molar-refractivity contribution in [1.82, 2.24) is 9.78 Å². The Labute approximate surface area is 107 Å². The summed E-state index contributed by atoms with van der Waals surface area (Å²) >= 11 is 0. The van der Waals surface area contributed by atoms with Gasteiger partial charge in [-0.15, -0.1) is 0 Å². The van der Waals surface area contributed by atoms with Gasteiger partial charge in [-0.05, 0) is 37.1 Å². The van der Waals surface area contributed by atoms with Crippen LogP contribution in [0.5, 0.6) is 0 Å². The van der Waals surface area contributed by atoms with E-state index in [1.807, 2.05) is 18.7 Å². The van der Waals surface area contributed by atoms with Crippen LogP contribution in [0.4, 0.5) is 10.1 Å². The highest BCUT2D eigenvalue weighted by Crippen LogP contribution is 2.17. The van der Waals surface area contributed by atoms with Crippen LogP contribution in [-0.2, 0) is 20.0 Å². The molecule has 0 fully saturated rings. The van der Waals surface area contributed by atoms with E-state index in [0.29, 0.717) is 6.54 Å². The number of halogens is 1. The second-order valence-electron chi connectivity index (χ2n) is 4.42. The fraction of sp³-hybridized carbons (Fsp3) is 0.357. The maximum atomic E-state index is 13.2. The maximum Gasteiger partial charge on any atom is 0.125 e. The van der Waals surface area contributed by atoms with E-state index in [-0.39, 0.29) is 5.82 Å². The summed E-state index contributed by atoms with van der Waals surface area (Å²) in [4.78, 5) is 0. The van der Waals surface area contributed by atoms with Crippen molar-refractivity contribution in [1.29, 1.82) is 0 Å². The largest absolute Gasteiger partial charge is 0.379 e. The summed E-state index contributed by atoms with van der Waals surface area (Å²) in [6.45, 7) is 4.69. The lowest BCUT2D eigenvalue weighted by Gasteiger charge is -2.09. The predicted molar refractivity (Wildman–Crippen MR) is 71.0 cm³/mol. The normalized spacial score (nSPS) is 10.7. The van der Waals surface area contributed by atoms with Crippen molar-refractivity contribution < 1.29 is 4.39 Å². The van der Waals surface area contributed by atoms with E-state index in [1.165, 1.54) is 12.1 Å². The van der Waals surface area contributed by atoms with Crippen LogP contribution in [0.1, 0.15) is 23.9 Å². The number of rotatable bonds is 4. The number of aromatic nitrogens is 2. The zero-order valence-electron chi connectivity index (χ0n) is 11.0. The Morgan fingerprint density at radius 1 is 1.33 bits per heavy atom. The van der Waals surface area contributed by atoms with E-state index in [4.69, 9.17) is 0 Å². The van der Waals surface area contributed by atoms with Crippen LogP contribution in [0.15, 0.2) is 24.3 Å². The van der Waals surface area contributed by atoms with Crippen molar-refractivity contribution in [2.24, 2.45) is 7.05 Å². The molecule has 96 valence electrons. The summed E-state index contributed by atoms with van der Waals surface area (Å²) in [5.41, 5.74) is 4.03. The third-order valence-electron chi connectivity index (χ3n) is 3.05. The van der Waals surface area contributed by atoms with Crippen LogP contribution in [0, 0.1) is 12.7 Å². The highest BCUT2D eigenvalue weighted by Gasteiger charge is 2.05. The van der Waals surface area contributed by atoms with Gasteiger partial charge in [0.2, 0.25) is 0 Å². The third-order valence-corrected chi connectivity index (χ3v) is 3.05. The van der Waals surface area contributed by atoms with Crippen molar-refractivity contribution in [3.8, 4) is 0 Å². The van der Waals surface area contributed by atoms with Crippen molar-refractivity contribution in [2.75, 3.05) is 5.32 Å². The fourth-order valence-electron chi connectivity index (χ4n) is 1.88. The van der Waals surface area contributed by atoms with Crippen molar-refractivity contribution in [3.05, 3.63) is 47.0 Å². The van der Waals surface area contributed by atoms with Crippen LogP contribution < -0.4 is 5.32 Å². The first kappa shape index (κ1) is 12.6. The number of hydrogen-bond donors (Lipinski definition) is 1. The van der Waals surface area contributed by atoms with Crippen molar-refractivity contribution >= 4 is 5.69 Å². The Balaban J connectivity index is 2.11. The molecule has 1 aromatic carbocycles. The van der Waals surface area contributed by atoms with Crippen LogP contribution in [0.25, 0.3) is 0 Å². The third kappa shape index (κ3) is 2.70. The molecule has 0 bridgehead atoms. The van der Waals surface area contributed by atoms with Crippen LogP contribution in [0.2, 0.25) is 0 Å². The molecule has 0 aliphatic heterocycles. The summed E-state index contributed by atoms with van der Waals surface area (Å²) in [5, 5.41) is 7.63. The summed E-state index contributed by atoms with van der Waals surface area (Å²) in [6, 6.07) is 6.84. The molecule has 0 amide bonds. The molecule has 0 spiro atoms. The van der Waals surface area contributed by atoms with E-state index in [1.54, 1.807) is 6.07 Å². The quantitative estimate of drug-likeness (QED) is 0.900. The van der Waals surface area contributed by atoms with E-state index < -0.39 is 0 Å². The highest BCUT2D eigenvalue weighted by atomic mass is 19.1.